The zero-order valence-electron chi connectivity index (χ0n) is 29.6. The summed E-state index contributed by atoms with van der Waals surface area (Å²) in [6.07, 6.45) is 1.78. The second-order valence-corrected chi connectivity index (χ2v) is 13.2. The highest BCUT2D eigenvalue weighted by Gasteiger charge is 2.25. The lowest BCUT2D eigenvalue weighted by atomic mass is 10.1. The minimum Gasteiger partial charge on any atom is -0.477 e. The van der Waals surface area contributed by atoms with Crippen LogP contribution in [0.1, 0.15) is 35.3 Å². The molecule has 1 saturated heterocycles. The molecule has 19 nitrogen and oxygen atoms in total. The van der Waals surface area contributed by atoms with Crippen molar-refractivity contribution >= 4 is 75.0 Å². The molecule has 0 saturated carbocycles. The number of carboxylic acids is 1. The van der Waals surface area contributed by atoms with Crippen molar-refractivity contribution in [2.75, 3.05) is 47.6 Å². The standard InChI is InChI=1S/C36H37ClN10O9/c37-21-4-9-29(47-19-38-44-45-47)28(15-21)42-34(52)33(51)39-23-7-8-27-26(16-23)31(32(41-27)35(53)54)43-30(50)10-3-20-1-5-22(6-2-20)40-36(55)46-13-11-25(12-14-46)56-18-24(49)17-48/h1-2,4-9,15-16,19,24-25,41,48-49H,3,10-14,17-18H2,(H,39,51)(H,40,55)(H,42,52)(H,43,50)(H,53,54)/t24-/m1/s1. The van der Waals surface area contributed by atoms with Crippen LogP contribution in [0.2, 0.25) is 5.02 Å². The lowest BCUT2D eigenvalue weighted by molar-refractivity contribution is -0.132. The molecule has 6 rings (SSSR count). The number of aliphatic hydroxyl groups is 2. The Kier molecular flexibility index (Phi) is 12.5. The predicted molar refractivity (Wildman–Crippen MR) is 203 cm³/mol. The number of fused-ring (bicyclic) bond motifs is 1. The van der Waals surface area contributed by atoms with Gasteiger partial charge in [0.1, 0.15) is 18.1 Å². The number of carbonyl (C=O) groups excluding carboxylic acids is 4. The molecule has 3 aromatic carbocycles. The summed E-state index contributed by atoms with van der Waals surface area (Å²) >= 11 is 6.10. The van der Waals surface area contributed by atoms with Crippen molar-refractivity contribution in [2.24, 2.45) is 0 Å². The number of anilines is 4. The molecule has 5 amide bonds. The number of benzene rings is 3. The molecule has 0 radical (unpaired) electrons. The number of ether oxygens (including phenoxy) is 1. The van der Waals surface area contributed by atoms with Crippen LogP contribution in [0.4, 0.5) is 27.5 Å². The van der Waals surface area contributed by atoms with E-state index in [0.717, 1.165) is 5.56 Å². The summed E-state index contributed by atoms with van der Waals surface area (Å²) in [6.45, 7) is 0.617. The van der Waals surface area contributed by atoms with Crippen molar-refractivity contribution in [1.82, 2.24) is 30.1 Å². The number of hydrogen-bond acceptors (Lipinski definition) is 11. The van der Waals surface area contributed by atoms with Crippen LogP contribution < -0.4 is 21.3 Å². The number of halogens is 1. The van der Waals surface area contributed by atoms with E-state index >= 15 is 0 Å². The molecule has 1 atom stereocenters. The molecule has 0 unspecified atom stereocenters. The monoisotopic (exact) mass is 788 g/mol. The van der Waals surface area contributed by atoms with Gasteiger partial charge in [-0.3, -0.25) is 14.4 Å². The van der Waals surface area contributed by atoms with E-state index in [-0.39, 0.29) is 64.9 Å². The largest absolute Gasteiger partial charge is 0.477 e. The van der Waals surface area contributed by atoms with Crippen molar-refractivity contribution in [3.05, 3.63) is 83.3 Å². The number of nitrogens with zero attached hydrogens (tertiary/aromatic N) is 5. The van der Waals surface area contributed by atoms with Crippen LogP contribution in [-0.2, 0) is 25.5 Å². The number of rotatable bonds is 13. The molecule has 8 N–H and O–H groups in total. The molecule has 1 fully saturated rings. The zero-order valence-corrected chi connectivity index (χ0v) is 30.3. The van der Waals surface area contributed by atoms with Crippen LogP contribution in [-0.4, -0.2) is 114 Å². The highest BCUT2D eigenvalue weighted by molar-refractivity contribution is 6.44. The Labute approximate surface area is 323 Å². The van der Waals surface area contributed by atoms with E-state index < -0.39 is 29.8 Å². The molecule has 56 heavy (non-hydrogen) atoms. The molecule has 0 spiro atoms. The lowest BCUT2D eigenvalue weighted by Crippen LogP contribution is -2.43. The first-order valence-corrected chi connectivity index (χ1v) is 17.7. The quantitative estimate of drug-likeness (QED) is 0.0801. The van der Waals surface area contributed by atoms with Crippen molar-refractivity contribution in [2.45, 2.75) is 37.9 Å². The van der Waals surface area contributed by atoms with Crippen LogP contribution in [0.3, 0.4) is 0 Å². The summed E-state index contributed by atoms with van der Waals surface area (Å²) in [5.74, 6) is -3.88. The van der Waals surface area contributed by atoms with Crippen LogP contribution in [0.25, 0.3) is 16.6 Å². The van der Waals surface area contributed by atoms with Gasteiger partial charge in [-0.2, -0.15) is 4.68 Å². The molecule has 0 aliphatic carbocycles. The number of tetrazole rings is 1. The summed E-state index contributed by atoms with van der Waals surface area (Å²) in [5.41, 5.74) is 2.10. The van der Waals surface area contributed by atoms with E-state index in [9.17, 15) is 34.2 Å². The Hall–Kier alpha value is -6.41. The number of carbonyl (C=O) groups is 5. The third-order valence-electron chi connectivity index (χ3n) is 8.85. The molecule has 3 heterocycles. The van der Waals surface area contributed by atoms with Gasteiger partial charge in [-0.25, -0.2) is 9.59 Å². The number of urea groups is 1. The van der Waals surface area contributed by atoms with Crippen LogP contribution in [0.5, 0.6) is 0 Å². The Bertz CT molecular complexity index is 2220. The number of nitrogens with one attached hydrogen (secondary N) is 5. The highest BCUT2D eigenvalue weighted by atomic mass is 35.5. The molecule has 5 aromatic rings. The normalized spacial score (nSPS) is 13.6. The van der Waals surface area contributed by atoms with Gasteiger partial charge >= 0.3 is 23.8 Å². The van der Waals surface area contributed by atoms with Gasteiger partial charge in [-0.15, -0.1) is 5.10 Å². The van der Waals surface area contributed by atoms with Crippen LogP contribution in [0, 0.1) is 0 Å². The fraction of sp³-hybridized carbons (Fsp3) is 0.278. The Morgan fingerprint density at radius 3 is 2.36 bits per heavy atom. The number of H-pyrrole nitrogens is 1. The number of amides is 5. The highest BCUT2D eigenvalue weighted by Crippen LogP contribution is 2.31. The van der Waals surface area contributed by atoms with Gasteiger partial charge in [0, 0.05) is 46.8 Å². The fourth-order valence-electron chi connectivity index (χ4n) is 5.95. The maximum absolute atomic E-state index is 13.1. The average molecular weight is 789 g/mol. The van der Waals surface area contributed by atoms with Gasteiger partial charge in [-0.1, -0.05) is 23.7 Å². The third kappa shape index (κ3) is 9.82. The fourth-order valence-corrected chi connectivity index (χ4v) is 6.12. The van der Waals surface area contributed by atoms with E-state index in [0.29, 0.717) is 49.2 Å². The van der Waals surface area contributed by atoms with Crippen molar-refractivity contribution < 1.29 is 44.0 Å². The van der Waals surface area contributed by atoms with Gasteiger partial charge in [0.2, 0.25) is 5.91 Å². The summed E-state index contributed by atoms with van der Waals surface area (Å²) in [5, 5.41) is 50.3. The molecule has 2 aromatic heterocycles. The second kappa shape index (κ2) is 17.8. The number of hydrogen-bond donors (Lipinski definition) is 8. The summed E-state index contributed by atoms with van der Waals surface area (Å²) in [6, 6.07) is 15.7. The number of aromatic amines is 1. The van der Waals surface area contributed by atoms with Gasteiger partial charge in [-0.05, 0) is 83.8 Å². The smallest absolute Gasteiger partial charge is 0.354 e. The number of aromatic carboxylic acids is 1. The van der Waals surface area contributed by atoms with E-state index in [4.69, 9.17) is 21.4 Å². The maximum atomic E-state index is 13.1. The average Bonchev–Trinajstić information content (AvgIpc) is 3.86. The zero-order chi connectivity index (χ0) is 39.8. The Balaban J connectivity index is 1.03. The minimum absolute atomic E-state index is 0.00344. The van der Waals surface area contributed by atoms with E-state index in [1.807, 2.05) is 0 Å². The first-order chi connectivity index (χ1) is 27.0. The summed E-state index contributed by atoms with van der Waals surface area (Å²) in [7, 11) is 0. The van der Waals surface area contributed by atoms with Crippen LogP contribution in [0.15, 0.2) is 67.0 Å². The number of piperidine rings is 1. The first-order valence-electron chi connectivity index (χ1n) is 17.4. The minimum atomic E-state index is -1.32. The SMILES string of the molecule is O=C(CCc1ccc(NC(=O)N2CCC(OC[C@H](O)CO)CC2)cc1)Nc1c(C(=O)O)[nH]c2ccc(NC(=O)C(=O)Nc3cc(Cl)ccc3-n3cnnn3)cc12. The van der Waals surface area contributed by atoms with Gasteiger partial charge < -0.3 is 51.2 Å². The molecule has 1 aliphatic heterocycles. The third-order valence-corrected chi connectivity index (χ3v) is 9.09. The number of aromatic nitrogens is 5. The Morgan fingerprint density at radius 1 is 0.929 bits per heavy atom. The van der Waals surface area contributed by atoms with E-state index in [1.54, 1.807) is 41.3 Å². The topological polar surface area (TPSA) is 266 Å². The summed E-state index contributed by atoms with van der Waals surface area (Å²) < 4.78 is 6.87. The van der Waals surface area contributed by atoms with E-state index in [1.165, 1.54) is 35.3 Å². The summed E-state index contributed by atoms with van der Waals surface area (Å²) in [4.78, 5) is 68.3. The van der Waals surface area contributed by atoms with Crippen LogP contribution >= 0.6 is 11.6 Å². The second-order valence-electron chi connectivity index (χ2n) is 12.8. The number of aryl methyl sites for hydroxylation is 1. The first kappa shape index (κ1) is 39.3. The number of aliphatic hydroxyl groups excluding tert-OH is 2. The lowest BCUT2D eigenvalue weighted by Gasteiger charge is -2.32. The van der Waals surface area contributed by atoms with Crippen molar-refractivity contribution in [3.63, 3.8) is 0 Å². The van der Waals surface area contributed by atoms with Gasteiger partial charge in [0.05, 0.1) is 36.4 Å². The van der Waals surface area contributed by atoms with Gasteiger partial charge in [0.25, 0.3) is 0 Å². The number of likely N-dealkylation sites (tertiary alicyclic amines) is 1. The van der Waals surface area contributed by atoms with Crippen molar-refractivity contribution in [3.8, 4) is 5.69 Å². The number of carboxylic acid groups (broad SMARTS) is 1. The van der Waals surface area contributed by atoms with Gasteiger partial charge in [0.15, 0.2) is 0 Å². The maximum Gasteiger partial charge on any atom is 0.354 e. The molecular formula is C36H37ClN10O9. The molecule has 0 bridgehead atoms. The van der Waals surface area contributed by atoms with Crippen molar-refractivity contribution in [1.29, 1.82) is 0 Å². The predicted octanol–water partition coefficient (Wildman–Crippen LogP) is 3.01. The molecular weight excluding hydrogens is 752 g/mol. The Morgan fingerprint density at radius 2 is 1.66 bits per heavy atom. The van der Waals surface area contributed by atoms with E-state index in [2.05, 4.69) is 41.8 Å². The molecule has 1 aliphatic rings. The molecule has 292 valence electrons. The molecule has 20 heteroatoms.